The molecule has 1 aliphatic rings. The number of para-hydroxylation sites is 1. The average molecular weight is 511 g/mol. The number of fused-ring (bicyclic) bond motifs is 1. The van der Waals surface area contributed by atoms with E-state index in [9.17, 15) is 4.79 Å². The molecule has 7 heteroatoms. The minimum absolute atomic E-state index is 0.132. The van der Waals surface area contributed by atoms with Crippen LogP contribution in [0.3, 0.4) is 0 Å². The van der Waals surface area contributed by atoms with Crippen LogP contribution in [-0.4, -0.2) is 21.6 Å². The van der Waals surface area contributed by atoms with E-state index in [0.717, 1.165) is 37.8 Å². The summed E-state index contributed by atoms with van der Waals surface area (Å²) in [4.78, 5) is 18.6. The fraction of sp³-hybridized carbons (Fsp3) is 0.125. The summed E-state index contributed by atoms with van der Waals surface area (Å²) in [5.41, 5.74) is 4.58. The molecule has 0 spiro atoms. The van der Waals surface area contributed by atoms with Crippen molar-refractivity contribution < 1.29 is 4.79 Å². The van der Waals surface area contributed by atoms with E-state index in [-0.39, 0.29) is 11.9 Å². The van der Waals surface area contributed by atoms with Crippen LogP contribution in [0.4, 0.5) is 0 Å². The third-order valence-corrected chi connectivity index (χ3v) is 7.10. The van der Waals surface area contributed by atoms with Crippen molar-refractivity contribution in [1.82, 2.24) is 9.99 Å². The topological polar surface area (TPSA) is 45.6 Å². The minimum atomic E-state index is -0.321. The second kappa shape index (κ2) is 8.19. The van der Waals surface area contributed by atoms with Crippen LogP contribution < -0.4 is 0 Å². The van der Waals surface area contributed by atoms with Crippen molar-refractivity contribution >= 4 is 61.4 Å². The summed E-state index contributed by atoms with van der Waals surface area (Å²) in [6.07, 6.45) is 0.567. The number of pyridine rings is 1. The number of rotatable bonds is 3. The van der Waals surface area contributed by atoms with E-state index < -0.39 is 0 Å². The van der Waals surface area contributed by atoms with Crippen LogP contribution in [0.1, 0.15) is 38.8 Å². The number of aromatic nitrogens is 1. The summed E-state index contributed by atoms with van der Waals surface area (Å²) in [7, 11) is 0. The van der Waals surface area contributed by atoms with E-state index in [2.05, 4.69) is 20.9 Å². The molecule has 1 amide bonds. The van der Waals surface area contributed by atoms with Crippen LogP contribution in [0.25, 0.3) is 10.9 Å². The maximum absolute atomic E-state index is 13.3. The van der Waals surface area contributed by atoms with Crippen LogP contribution in [0.2, 0.25) is 5.15 Å². The zero-order chi connectivity index (χ0) is 21.5. The van der Waals surface area contributed by atoms with Crippen molar-refractivity contribution in [2.75, 3.05) is 0 Å². The van der Waals surface area contributed by atoms with Gasteiger partial charge in [-0.2, -0.15) is 5.10 Å². The minimum Gasteiger partial charge on any atom is -0.266 e. The number of amides is 1. The van der Waals surface area contributed by atoms with Crippen molar-refractivity contribution in [3.8, 4) is 0 Å². The Hall–Kier alpha value is -2.54. The predicted octanol–water partition coefficient (Wildman–Crippen LogP) is 7.01. The lowest BCUT2D eigenvalue weighted by atomic mass is 9.98. The highest BCUT2D eigenvalue weighted by Gasteiger charge is 2.35. The molecule has 5 rings (SSSR count). The van der Waals surface area contributed by atoms with Gasteiger partial charge in [0.05, 0.1) is 22.1 Å². The SMILES string of the molecule is Cc1cccc2cc(C3CC(c4ccc(Br)cc4)=NN3C(=O)c3cccs3)c(Cl)nc12. The maximum Gasteiger partial charge on any atom is 0.284 e. The summed E-state index contributed by atoms with van der Waals surface area (Å²) < 4.78 is 0.995. The first-order valence-electron chi connectivity index (χ1n) is 9.77. The zero-order valence-corrected chi connectivity index (χ0v) is 19.7. The quantitative estimate of drug-likeness (QED) is 0.278. The van der Waals surface area contributed by atoms with E-state index in [1.807, 2.05) is 73.0 Å². The molecular weight excluding hydrogens is 494 g/mol. The van der Waals surface area contributed by atoms with Crippen LogP contribution in [0.15, 0.2) is 75.6 Å². The molecule has 0 N–H and O–H groups in total. The summed E-state index contributed by atoms with van der Waals surface area (Å²) in [6.45, 7) is 2.02. The smallest absolute Gasteiger partial charge is 0.266 e. The first-order chi connectivity index (χ1) is 15.0. The van der Waals surface area contributed by atoms with Gasteiger partial charge >= 0.3 is 0 Å². The van der Waals surface area contributed by atoms with Crippen LogP contribution in [0.5, 0.6) is 0 Å². The van der Waals surface area contributed by atoms with Gasteiger partial charge in [-0.3, -0.25) is 4.79 Å². The van der Waals surface area contributed by atoms with Gasteiger partial charge < -0.3 is 0 Å². The second-order valence-electron chi connectivity index (χ2n) is 7.42. The van der Waals surface area contributed by atoms with Crippen molar-refractivity contribution in [2.45, 2.75) is 19.4 Å². The average Bonchev–Trinajstić information content (AvgIpc) is 3.45. The zero-order valence-electron chi connectivity index (χ0n) is 16.5. The van der Waals surface area contributed by atoms with Gasteiger partial charge in [0.25, 0.3) is 5.91 Å². The molecule has 0 radical (unpaired) electrons. The summed E-state index contributed by atoms with van der Waals surface area (Å²) in [6, 6.07) is 19.4. The summed E-state index contributed by atoms with van der Waals surface area (Å²) in [5.74, 6) is -0.132. The van der Waals surface area contributed by atoms with E-state index in [1.54, 1.807) is 5.01 Å². The van der Waals surface area contributed by atoms with Crippen LogP contribution in [-0.2, 0) is 0 Å². The van der Waals surface area contributed by atoms with E-state index in [1.165, 1.54) is 11.3 Å². The number of hydrogen-bond acceptors (Lipinski definition) is 4. The standard InChI is InChI=1S/C24H17BrClN3OS/c1-14-4-2-5-16-12-18(23(26)27-22(14)16)20-13-19(15-7-9-17(25)10-8-15)28-29(20)24(30)21-6-3-11-31-21/h2-12,20H,13H2,1H3. The Bertz CT molecular complexity index is 1320. The van der Waals surface area contributed by atoms with Crippen molar-refractivity contribution in [3.05, 3.63) is 97.2 Å². The van der Waals surface area contributed by atoms with E-state index in [4.69, 9.17) is 16.7 Å². The molecule has 0 bridgehead atoms. The Morgan fingerprint density at radius 3 is 2.71 bits per heavy atom. The molecule has 0 saturated heterocycles. The van der Waals surface area contributed by atoms with Gasteiger partial charge in [-0.05, 0) is 47.7 Å². The van der Waals surface area contributed by atoms with Gasteiger partial charge in [0.1, 0.15) is 5.15 Å². The molecule has 0 saturated carbocycles. The fourth-order valence-corrected chi connectivity index (χ4v) is 5.03. The number of aryl methyl sites for hydroxylation is 1. The molecule has 4 nitrogen and oxygen atoms in total. The van der Waals surface area contributed by atoms with Gasteiger partial charge in [0.2, 0.25) is 0 Å². The van der Waals surface area contributed by atoms with Crippen molar-refractivity contribution in [2.24, 2.45) is 5.10 Å². The maximum atomic E-state index is 13.3. The lowest BCUT2D eigenvalue weighted by Gasteiger charge is -2.22. The van der Waals surface area contributed by atoms with Crippen molar-refractivity contribution in [1.29, 1.82) is 0 Å². The largest absolute Gasteiger partial charge is 0.284 e. The normalized spacial score (nSPS) is 16.0. The Balaban J connectivity index is 1.61. The number of halogens is 2. The third-order valence-electron chi connectivity index (χ3n) is 5.41. The number of thiophene rings is 1. The van der Waals surface area contributed by atoms with Crippen LogP contribution >= 0.6 is 38.9 Å². The molecule has 0 aliphatic carbocycles. The molecule has 4 aromatic rings. The van der Waals surface area contributed by atoms with E-state index in [0.29, 0.717) is 16.5 Å². The summed E-state index contributed by atoms with van der Waals surface area (Å²) in [5, 5.41) is 9.61. The second-order valence-corrected chi connectivity index (χ2v) is 9.64. The number of hydrogen-bond donors (Lipinski definition) is 0. The van der Waals surface area contributed by atoms with Gasteiger partial charge in [0, 0.05) is 21.8 Å². The van der Waals surface area contributed by atoms with Gasteiger partial charge in [0.15, 0.2) is 0 Å². The predicted molar refractivity (Wildman–Crippen MR) is 130 cm³/mol. The van der Waals surface area contributed by atoms with E-state index >= 15 is 0 Å². The lowest BCUT2D eigenvalue weighted by Crippen LogP contribution is -2.26. The fourth-order valence-electron chi connectivity index (χ4n) is 3.84. The molecule has 1 aliphatic heterocycles. The van der Waals surface area contributed by atoms with Gasteiger partial charge in [-0.25, -0.2) is 9.99 Å². The molecule has 0 fully saturated rings. The number of hydrazone groups is 1. The Kier molecular flexibility index (Phi) is 5.38. The number of nitrogens with zero attached hydrogens (tertiary/aromatic N) is 3. The van der Waals surface area contributed by atoms with Crippen LogP contribution in [0, 0.1) is 6.92 Å². The third kappa shape index (κ3) is 3.80. The molecule has 3 heterocycles. The first kappa shape index (κ1) is 20.4. The molecule has 1 unspecified atom stereocenters. The molecule has 2 aromatic heterocycles. The Morgan fingerprint density at radius 2 is 1.97 bits per heavy atom. The van der Waals surface area contributed by atoms with Gasteiger partial charge in [-0.15, -0.1) is 11.3 Å². The number of carbonyl (C=O) groups is 1. The molecule has 154 valence electrons. The molecular formula is C24H17BrClN3OS. The van der Waals surface area contributed by atoms with Gasteiger partial charge in [-0.1, -0.05) is 63.9 Å². The Morgan fingerprint density at radius 1 is 1.16 bits per heavy atom. The highest BCUT2D eigenvalue weighted by atomic mass is 79.9. The molecule has 31 heavy (non-hydrogen) atoms. The Labute approximate surface area is 197 Å². The van der Waals surface area contributed by atoms with Crippen molar-refractivity contribution in [3.63, 3.8) is 0 Å². The highest BCUT2D eigenvalue weighted by molar-refractivity contribution is 9.10. The first-order valence-corrected chi connectivity index (χ1v) is 11.8. The highest BCUT2D eigenvalue weighted by Crippen LogP contribution is 2.38. The lowest BCUT2D eigenvalue weighted by molar-refractivity contribution is 0.0716. The monoisotopic (exact) mass is 509 g/mol. The summed E-state index contributed by atoms with van der Waals surface area (Å²) >= 11 is 11.5. The number of benzene rings is 2. The molecule has 1 atom stereocenters. The molecule has 2 aromatic carbocycles. The number of carbonyl (C=O) groups excluding carboxylic acids is 1.